The summed E-state index contributed by atoms with van der Waals surface area (Å²) < 4.78 is 9.53. The molecule has 2 heterocycles. The second kappa shape index (κ2) is 10.5. The molecule has 2 aliphatic rings. The number of fused-ring (bicyclic) bond motifs is 12. The summed E-state index contributed by atoms with van der Waals surface area (Å²) in [4.78, 5) is 0. The quantitative estimate of drug-likeness (QED) is 0.193. The van der Waals surface area contributed by atoms with Gasteiger partial charge in [0.25, 0.3) is 0 Å². The monoisotopic (exact) mass is 617 g/mol. The Balaban J connectivity index is 1.27. The van der Waals surface area contributed by atoms with Crippen molar-refractivity contribution in [3.8, 4) is 5.69 Å². The van der Waals surface area contributed by atoms with Gasteiger partial charge in [0.2, 0.25) is 0 Å². The lowest BCUT2D eigenvalue weighted by molar-refractivity contribution is 0.545. The van der Waals surface area contributed by atoms with Gasteiger partial charge in [0.15, 0.2) is 5.58 Å². The van der Waals surface area contributed by atoms with E-state index in [2.05, 4.69) is 146 Å². The number of aryl methyl sites for hydroxylation is 2. The highest BCUT2D eigenvalue weighted by molar-refractivity contribution is 6.34. The largest absolute Gasteiger partial charge is 0.458 e. The third kappa shape index (κ3) is 3.93. The van der Waals surface area contributed by atoms with Crippen LogP contribution in [-0.4, -0.2) is 4.57 Å². The number of hydrogen-bond acceptors (Lipinski definition) is 1. The topological polar surface area (TPSA) is 18.1 Å². The number of nitrogens with zero attached hydrogens (tertiary/aromatic N) is 1. The molecule has 0 spiro atoms. The van der Waals surface area contributed by atoms with Gasteiger partial charge in [-0.05, 0) is 101 Å². The van der Waals surface area contributed by atoms with Gasteiger partial charge >= 0.3 is 0 Å². The van der Waals surface area contributed by atoms with Crippen molar-refractivity contribution in [2.24, 2.45) is 0 Å². The average molecular weight is 618 g/mol. The number of aromatic nitrogens is 1. The molecular formula is C46H35NO. The lowest BCUT2D eigenvalue weighted by Crippen LogP contribution is -2.04. The van der Waals surface area contributed by atoms with Crippen LogP contribution in [0.1, 0.15) is 48.6 Å². The molecule has 6 aromatic carbocycles. The molecule has 0 radical (unpaired) electrons. The smallest absolute Gasteiger partial charge is 0.160 e. The Morgan fingerprint density at radius 2 is 1.23 bits per heavy atom. The van der Waals surface area contributed by atoms with Crippen molar-refractivity contribution >= 4 is 66.0 Å². The van der Waals surface area contributed by atoms with Crippen LogP contribution >= 0.6 is 0 Å². The summed E-state index contributed by atoms with van der Waals surface area (Å²) in [7, 11) is 0. The van der Waals surface area contributed by atoms with Gasteiger partial charge in [0.05, 0.1) is 11.0 Å². The van der Waals surface area contributed by atoms with Crippen LogP contribution in [-0.2, 0) is 6.42 Å². The second-order valence-corrected chi connectivity index (χ2v) is 13.6. The fraction of sp³-hybridized carbons (Fsp3) is 0.130. The van der Waals surface area contributed by atoms with Crippen molar-refractivity contribution in [1.29, 1.82) is 0 Å². The molecule has 0 saturated carbocycles. The lowest BCUT2D eigenvalue weighted by Gasteiger charge is -2.23. The summed E-state index contributed by atoms with van der Waals surface area (Å²) in [5, 5.41) is 8.79. The van der Waals surface area contributed by atoms with E-state index in [4.69, 9.17) is 4.42 Å². The van der Waals surface area contributed by atoms with E-state index in [1.807, 2.05) is 0 Å². The molecule has 2 aliphatic carbocycles. The molecule has 0 saturated heterocycles. The maximum atomic E-state index is 7.07. The van der Waals surface area contributed by atoms with Crippen molar-refractivity contribution in [2.75, 3.05) is 0 Å². The van der Waals surface area contributed by atoms with Gasteiger partial charge in [-0.1, -0.05) is 109 Å². The molecule has 0 atom stereocenters. The SMILES string of the molecule is CC1=C(c2ccccc2C)CCC(C2=Cc3c(oc4c3c3ccccc3c3c5ccc6ccccc6c5n(-c5ccccc5)c43)CC2)=C1. The van der Waals surface area contributed by atoms with Gasteiger partial charge in [0, 0.05) is 39.2 Å². The molecule has 0 bridgehead atoms. The van der Waals surface area contributed by atoms with Gasteiger partial charge in [-0.15, -0.1) is 0 Å². The van der Waals surface area contributed by atoms with Crippen LogP contribution in [0.25, 0.3) is 71.7 Å². The Labute approximate surface area is 279 Å². The standard InChI is InChI=1S/C46H35NO/c1-28-12-6-8-16-34(28)35-23-21-31(26-29(35)2)32-22-25-41-40(27-32)43-38-19-11-10-18-37(38)42-39-24-20-30-13-7-9-17-36(30)44(39)47(45(42)46(43)48-41)33-14-4-3-5-15-33/h3-20,24,26-27H,21-23,25H2,1-2H3. The van der Waals surface area contributed by atoms with Crippen molar-refractivity contribution in [3.05, 3.63) is 161 Å². The molecule has 0 N–H and O–H groups in total. The van der Waals surface area contributed by atoms with Crippen molar-refractivity contribution in [2.45, 2.75) is 39.5 Å². The molecule has 0 aliphatic heterocycles. The number of benzene rings is 6. The van der Waals surface area contributed by atoms with Crippen molar-refractivity contribution in [1.82, 2.24) is 4.57 Å². The zero-order valence-electron chi connectivity index (χ0n) is 27.3. The normalized spacial score (nSPS) is 15.1. The van der Waals surface area contributed by atoms with Crippen LogP contribution in [0.3, 0.4) is 0 Å². The van der Waals surface area contributed by atoms with E-state index in [0.29, 0.717) is 0 Å². The fourth-order valence-electron chi connectivity index (χ4n) is 8.69. The minimum Gasteiger partial charge on any atom is -0.458 e. The second-order valence-electron chi connectivity index (χ2n) is 13.6. The zero-order chi connectivity index (χ0) is 31.9. The first-order valence-electron chi connectivity index (χ1n) is 17.2. The predicted molar refractivity (Wildman–Crippen MR) is 203 cm³/mol. The molecule has 0 fully saturated rings. The minimum absolute atomic E-state index is 0.908. The number of furan rings is 1. The van der Waals surface area contributed by atoms with E-state index in [-0.39, 0.29) is 0 Å². The minimum atomic E-state index is 0.908. The average Bonchev–Trinajstić information content (AvgIpc) is 3.69. The number of rotatable bonds is 3. The molecule has 8 aromatic rings. The molecule has 0 unspecified atom stereocenters. The fourth-order valence-corrected chi connectivity index (χ4v) is 8.69. The first kappa shape index (κ1) is 27.5. The highest BCUT2D eigenvalue weighted by atomic mass is 16.3. The van der Waals surface area contributed by atoms with E-state index in [0.717, 1.165) is 48.2 Å². The van der Waals surface area contributed by atoms with Gasteiger partial charge in [0.1, 0.15) is 5.76 Å². The van der Waals surface area contributed by atoms with Crippen LogP contribution < -0.4 is 0 Å². The van der Waals surface area contributed by atoms with Gasteiger partial charge in [-0.3, -0.25) is 0 Å². The van der Waals surface area contributed by atoms with E-state index < -0.39 is 0 Å². The summed E-state index contributed by atoms with van der Waals surface area (Å²) >= 11 is 0. The van der Waals surface area contributed by atoms with Crippen LogP contribution in [0, 0.1) is 6.92 Å². The Kier molecular flexibility index (Phi) is 5.99. The summed E-state index contributed by atoms with van der Waals surface area (Å²) in [5.41, 5.74) is 14.3. The Bertz CT molecular complexity index is 2730. The maximum Gasteiger partial charge on any atom is 0.160 e. The Morgan fingerprint density at radius 1 is 0.542 bits per heavy atom. The third-order valence-corrected chi connectivity index (χ3v) is 10.9. The van der Waals surface area contributed by atoms with E-state index in [1.165, 1.54) is 82.2 Å². The molecule has 0 amide bonds. The summed E-state index contributed by atoms with van der Waals surface area (Å²) in [5.74, 6) is 1.10. The first-order chi connectivity index (χ1) is 23.7. The number of hydrogen-bond donors (Lipinski definition) is 0. The number of allylic oxidation sites excluding steroid dienone is 5. The predicted octanol–water partition coefficient (Wildman–Crippen LogP) is 12.7. The van der Waals surface area contributed by atoms with E-state index >= 15 is 0 Å². The van der Waals surface area contributed by atoms with Crippen molar-refractivity contribution < 1.29 is 4.42 Å². The van der Waals surface area contributed by atoms with Crippen LogP contribution in [0.15, 0.2) is 142 Å². The molecular weight excluding hydrogens is 583 g/mol. The Hall–Kier alpha value is -5.60. The summed E-state index contributed by atoms with van der Waals surface area (Å²) in [6, 6.07) is 41.9. The maximum absolute atomic E-state index is 7.07. The Morgan fingerprint density at radius 3 is 2.04 bits per heavy atom. The summed E-state index contributed by atoms with van der Waals surface area (Å²) in [6.07, 6.45) is 8.97. The summed E-state index contributed by atoms with van der Waals surface area (Å²) in [6.45, 7) is 4.52. The third-order valence-electron chi connectivity index (χ3n) is 10.9. The highest BCUT2D eigenvalue weighted by Crippen LogP contribution is 2.48. The molecule has 10 rings (SSSR count). The molecule has 48 heavy (non-hydrogen) atoms. The highest BCUT2D eigenvalue weighted by Gasteiger charge is 2.28. The van der Waals surface area contributed by atoms with Crippen LogP contribution in [0.4, 0.5) is 0 Å². The van der Waals surface area contributed by atoms with Gasteiger partial charge in [-0.2, -0.15) is 0 Å². The molecule has 2 heteroatoms. The van der Waals surface area contributed by atoms with Crippen LogP contribution in [0.2, 0.25) is 0 Å². The van der Waals surface area contributed by atoms with Gasteiger partial charge < -0.3 is 8.98 Å². The first-order valence-corrected chi connectivity index (χ1v) is 17.2. The van der Waals surface area contributed by atoms with E-state index in [1.54, 1.807) is 0 Å². The van der Waals surface area contributed by atoms with Crippen LogP contribution in [0.5, 0.6) is 0 Å². The van der Waals surface area contributed by atoms with Crippen molar-refractivity contribution in [3.63, 3.8) is 0 Å². The molecule has 2 nitrogen and oxygen atoms in total. The number of para-hydroxylation sites is 1. The van der Waals surface area contributed by atoms with Gasteiger partial charge in [-0.25, -0.2) is 0 Å². The molecule has 2 aromatic heterocycles. The zero-order valence-corrected chi connectivity index (χ0v) is 27.3. The molecule has 230 valence electrons. The van der Waals surface area contributed by atoms with E-state index in [9.17, 15) is 0 Å². The lowest BCUT2D eigenvalue weighted by atomic mass is 9.81.